The maximum Gasteiger partial charge on any atom is 0.216 e. The number of aromatic nitrogens is 2. The summed E-state index contributed by atoms with van der Waals surface area (Å²) in [5.74, 6) is 0.137. The number of halogens is 1. The van der Waals surface area contributed by atoms with E-state index in [1.54, 1.807) is 19.9 Å². The number of fused-ring (bicyclic) bond motifs is 1. The Morgan fingerprint density at radius 2 is 2.11 bits per heavy atom. The van der Waals surface area contributed by atoms with Crippen molar-refractivity contribution in [2.45, 2.75) is 25.6 Å². The molecule has 0 atom stereocenters. The Morgan fingerprint density at radius 3 is 2.74 bits per heavy atom. The number of benzene rings is 1. The Labute approximate surface area is 111 Å². The summed E-state index contributed by atoms with van der Waals surface area (Å²) in [4.78, 5) is 7.16. The third-order valence-electron chi connectivity index (χ3n) is 2.90. The van der Waals surface area contributed by atoms with E-state index in [0.717, 1.165) is 0 Å². The van der Waals surface area contributed by atoms with Crippen molar-refractivity contribution in [3.63, 3.8) is 0 Å². The van der Waals surface area contributed by atoms with E-state index >= 15 is 0 Å². The van der Waals surface area contributed by atoms with Gasteiger partial charge in [0.05, 0.1) is 22.8 Å². The predicted molar refractivity (Wildman–Crippen MR) is 71.6 cm³/mol. The van der Waals surface area contributed by atoms with Crippen LogP contribution in [0.1, 0.15) is 19.7 Å². The number of nitrogens with one attached hydrogen (secondary N) is 1. The smallest absolute Gasteiger partial charge is 0.216 e. The molecular weight excluding hydrogens is 269 g/mol. The molecule has 7 heteroatoms. The van der Waals surface area contributed by atoms with E-state index in [-0.39, 0.29) is 12.4 Å². The molecule has 1 aromatic carbocycles. The summed E-state index contributed by atoms with van der Waals surface area (Å²) in [5, 5.41) is -0.487. The van der Waals surface area contributed by atoms with E-state index in [0.29, 0.717) is 16.9 Å². The van der Waals surface area contributed by atoms with E-state index in [1.165, 1.54) is 23.5 Å². The second-order valence-electron chi connectivity index (χ2n) is 4.69. The van der Waals surface area contributed by atoms with E-state index in [4.69, 9.17) is 0 Å². The molecule has 0 saturated carbocycles. The van der Waals surface area contributed by atoms with Crippen molar-refractivity contribution in [3.05, 3.63) is 29.8 Å². The molecule has 0 radical (unpaired) electrons. The average molecular weight is 285 g/mol. The first-order valence-corrected chi connectivity index (χ1v) is 7.40. The number of imidazole rings is 1. The lowest BCUT2D eigenvalue weighted by Crippen LogP contribution is -2.32. The molecule has 0 saturated heterocycles. The fourth-order valence-electron chi connectivity index (χ4n) is 1.77. The van der Waals surface area contributed by atoms with E-state index in [1.807, 2.05) is 0 Å². The first-order valence-electron chi connectivity index (χ1n) is 5.90. The van der Waals surface area contributed by atoms with Crippen LogP contribution in [0.15, 0.2) is 18.2 Å². The van der Waals surface area contributed by atoms with Gasteiger partial charge in [-0.05, 0) is 32.0 Å². The zero-order valence-electron chi connectivity index (χ0n) is 11.0. The molecule has 0 bridgehead atoms. The summed E-state index contributed by atoms with van der Waals surface area (Å²) >= 11 is 0. The molecule has 19 heavy (non-hydrogen) atoms. The summed E-state index contributed by atoms with van der Waals surface area (Å²) in [7, 11) is -1.82. The molecule has 0 fully saturated rings. The van der Waals surface area contributed by atoms with Gasteiger partial charge in [0.2, 0.25) is 10.0 Å². The van der Waals surface area contributed by atoms with Gasteiger partial charge in [-0.15, -0.1) is 0 Å². The Balaban J connectivity index is 2.27. The van der Waals surface area contributed by atoms with Gasteiger partial charge in [0.25, 0.3) is 0 Å². The topological polar surface area (TPSA) is 66.1 Å². The van der Waals surface area contributed by atoms with Crippen LogP contribution in [0.2, 0.25) is 0 Å². The van der Waals surface area contributed by atoms with Crippen LogP contribution >= 0.6 is 0 Å². The lowest BCUT2D eigenvalue weighted by molar-refractivity contribution is 0.452. The van der Waals surface area contributed by atoms with Crippen molar-refractivity contribution in [1.29, 1.82) is 0 Å². The normalized spacial score (nSPS) is 12.7. The largest absolute Gasteiger partial charge is 0.341 e. The Morgan fingerprint density at radius 1 is 1.42 bits per heavy atom. The molecule has 0 aliphatic heterocycles. The predicted octanol–water partition coefficient (Wildman–Crippen LogP) is 1.87. The highest BCUT2D eigenvalue weighted by atomic mass is 32.2. The maximum absolute atomic E-state index is 13.0. The lowest BCUT2D eigenvalue weighted by atomic mass is 10.3. The van der Waals surface area contributed by atoms with E-state index in [2.05, 4.69) is 9.97 Å². The molecule has 1 N–H and O–H groups in total. The summed E-state index contributed by atoms with van der Waals surface area (Å²) in [6.07, 6.45) is 0. The van der Waals surface area contributed by atoms with Gasteiger partial charge < -0.3 is 4.98 Å². The molecule has 0 aliphatic rings. The lowest BCUT2D eigenvalue weighted by Gasteiger charge is -2.18. The summed E-state index contributed by atoms with van der Waals surface area (Å²) < 4.78 is 38.1. The molecule has 0 aliphatic carbocycles. The fraction of sp³-hybridized carbons (Fsp3) is 0.417. The zero-order valence-corrected chi connectivity index (χ0v) is 11.8. The monoisotopic (exact) mass is 285 g/mol. The minimum atomic E-state index is -3.32. The molecule has 1 aromatic heterocycles. The van der Waals surface area contributed by atoms with Crippen molar-refractivity contribution in [2.24, 2.45) is 0 Å². The van der Waals surface area contributed by atoms with Crippen molar-refractivity contribution in [1.82, 2.24) is 14.3 Å². The number of hydrogen-bond acceptors (Lipinski definition) is 3. The first-order chi connectivity index (χ1) is 8.80. The molecule has 5 nitrogen and oxygen atoms in total. The van der Waals surface area contributed by atoms with Crippen molar-refractivity contribution in [2.75, 3.05) is 7.05 Å². The average Bonchev–Trinajstić information content (AvgIpc) is 2.69. The first kappa shape index (κ1) is 14.0. The Hall–Kier alpha value is -1.47. The second kappa shape index (κ2) is 4.90. The number of nitrogens with zero attached hydrogens (tertiary/aromatic N) is 2. The quantitative estimate of drug-likeness (QED) is 0.932. The number of H-pyrrole nitrogens is 1. The van der Waals surface area contributed by atoms with Gasteiger partial charge in [-0.25, -0.2) is 17.8 Å². The van der Waals surface area contributed by atoms with Gasteiger partial charge in [0.15, 0.2) is 0 Å². The van der Waals surface area contributed by atoms with Crippen LogP contribution in [0, 0.1) is 5.82 Å². The van der Waals surface area contributed by atoms with Gasteiger partial charge in [-0.2, -0.15) is 4.31 Å². The van der Waals surface area contributed by atoms with E-state index < -0.39 is 15.3 Å². The third-order valence-corrected chi connectivity index (χ3v) is 5.08. The Bertz CT molecular complexity index is 694. The van der Waals surface area contributed by atoms with Crippen molar-refractivity contribution >= 4 is 21.1 Å². The second-order valence-corrected chi connectivity index (χ2v) is 7.29. The molecule has 104 valence electrons. The molecule has 2 aromatic rings. The highest BCUT2D eigenvalue weighted by Gasteiger charge is 2.23. The van der Waals surface area contributed by atoms with Gasteiger partial charge >= 0.3 is 0 Å². The minimum absolute atomic E-state index is 0.136. The van der Waals surface area contributed by atoms with Gasteiger partial charge in [0.1, 0.15) is 11.6 Å². The van der Waals surface area contributed by atoms with Crippen LogP contribution in [-0.4, -0.2) is 35.0 Å². The number of aromatic amines is 1. The highest BCUT2D eigenvalue weighted by molar-refractivity contribution is 7.89. The summed E-state index contributed by atoms with van der Waals surface area (Å²) in [6.45, 7) is 3.39. The van der Waals surface area contributed by atoms with Crippen LogP contribution in [-0.2, 0) is 16.6 Å². The van der Waals surface area contributed by atoms with Gasteiger partial charge in [-0.1, -0.05) is 0 Å². The molecule has 0 spiro atoms. The molecule has 0 amide bonds. The van der Waals surface area contributed by atoms with Crippen LogP contribution in [0.4, 0.5) is 4.39 Å². The number of hydrogen-bond donors (Lipinski definition) is 1. The molecule has 2 rings (SSSR count). The molecular formula is C12H16FN3O2S. The highest BCUT2D eigenvalue weighted by Crippen LogP contribution is 2.15. The SMILES string of the molecule is CC(C)S(=O)(=O)N(C)Cc1nc2ccc(F)cc2[nH]1. The molecule has 0 unspecified atom stereocenters. The maximum atomic E-state index is 13.0. The van der Waals surface area contributed by atoms with Crippen LogP contribution in [0.3, 0.4) is 0 Å². The number of sulfonamides is 1. The Kier molecular flexibility index (Phi) is 3.60. The van der Waals surface area contributed by atoms with Gasteiger partial charge in [0, 0.05) is 7.05 Å². The summed E-state index contributed by atoms with van der Waals surface area (Å²) in [6, 6.07) is 4.21. The number of rotatable bonds is 4. The third kappa shape index (κ3) is 2.76. The summed E-state index contributed by atoms with van der Waals surface area (Å²) in [5.41, 5.74) is 1.18. The van der Waals surface area contributed by atoms with Crippen LogP contribution < -0.4 is 0 Å². The minimum Gasteiger partial charge on any atom is -0.341 e. The fourth-order valence-corrected chi connectivity index (χ4v) is 2.79. The molecule has 1 heterocycles. The van der Waals surface area contributed by atoms with Crippen LogP contribution in [0.25, 0.3) is 11.0 Å². The van der Waals surface area contributed by atoms with Crippen molar-refractivity contribution in [3.8, 4) is 0 Å². The van der Waals surface area contributed by atoms with Crippen LogP contribution in [0.5, 0.6) is 0 Å². The zero-order chi connectivity index (χ0) is 14.2. The standard InChI is InChI=1S/C12H16FN3O2S/c1-8(2)19(17,18)16(3)7-12-14-10-5-4-9(13)6-11(10)15-12/h4-6,8H,7H2,1-3H3,(H,14,15). The van der Waals surface area contributed by atoms with Gasteiger partial charge in [-0.3, -0.25) is 0 Å². The van der Waals surface area contributed by atoms with Crippen molar-refractivity contribution < 1.29 is 12.8 Å². The van der Waals surface area contributed by atoms with E-state index in [9.17, 15) is 12.8 Å².